The third kappa shape index (κ3) is 3.33. The molecule has 4 rings (SSSR count). The largest absolute Gasteiger partial charge is 0.301 e. The first-order valence-corrected chi connectivity index (χ1v) is 10.7. The highest BCUT2D eigenvalue weighted by molar-refractivity contribution is 7.12. The van der Waals surface area contributed by atoms with Gasteiger partial charge in [-0.05, 0) is 43.4 Å². The van der Waals surface area contributed by atoms with Crippen LogP contribution in [0.15, 0.2) is 16.4 Å². The van der Waals surface area contributed by atoms with E-state index in [1.165, 1.54) is 24.2 Å². The molecule has 1 N–H and O–H groups in total. The zero-order chi connectivity index (χ0) is 19.2. The third-order valence-electron chi connectivity index (χ3n) is 5.89. The number of aromatic amines is 1. The number of nitrogens with one attached hydrogen (secondary N) is 1. The first-order chi connectivity index (χ1) is 12.9. The van der Waals surface area contributed by atoms with Crippen LogP contribution in [0, 0.1) is 11.3 Å². The van der Waals surface area contributed by atoms with Crippen LogP contribution in [0.4, 0.5) is 0 Å². The second-order valence-electron chi connectivity index (χ2n) is 8.59. The lowest BCUT2D eigenvalue weighted by atomic mass is 9.70. The number of hydrogen-bond acceptors (Lipinski definition) is 5. The van der Waals surface area contributed by atoms with Gasteiger partial charge in [0.2, 0.25) is 0 Å². The predicted molar refractivity (Wildman–Crippen MR) is 108 cm³/mol. The Bertz CT molecular complexity index is 988. The van der Waals surface area contributed by atoms with E-state index in [9.17, 15) is 4.79 Å². The van der Waals surface area contributed by atoms with E-state index in [0.29, 0.717) is 22.7 Å². The van der Waals surface area contributed by atoms with Crippen LogP contribution in [0.5, 0.6) is 0 Å². The van der Waals surface area contributed by atoms with Crippen LogP contribution in [0.2, 0.25) is 0 Å². The molecule has 1 saturated carbocycles. The number of hydrogen-bond donors (Lipinski definition) is 1. The molecular formula is C20H27N5OS. The van der Waals surface area contributed by atoms with Gasteiger partial charge >= 0.3 is 0 Å². The van der Waals surface area contributed by atoms with Gasteiger partial charge in [0, 0.05) is 17.5 Å². The number of aryl methyl sites for hydroxylation is 1. The monoisotopic (exact) mass is 385 g/mol. The molecule has 1 aliphatic rings. The highest BCUT2D eigenvalue weighted by atomic mass is 32.1. The molecule has 0 radical (unpaired) electrons. The molecule has 0 atom stereocenters. The maximum Gasteiger partial charge on any atom is 0.277 e. The zero-order valence-corrected chi connectivity index (χ0v) is 17.3. The Balaban J connectivity index is 1.76. The van der Waals surface area contributed by atoms with Crippen molar-refractivity contribution in [1.29, 1.82) is 0 Å². The molecule has 0 saturated heterocycles. The van der Waals surface area contributed by atoms with Crippen molar-refractivity contribution in [1.82, 2.24) is 24.6 Å². The highest BCUT2D eigenvalue weighted by Gasteiger charge is 2.32. The van der Waals surface area contributed by atoms with Crippen LogP contribution in [0.25, 0.3) is 16.3 Å². The lowest BCUT2D eigenvalue weighted by Gasteiger charge is -2.36. The smallest absolute Gasteiger partial charge is 0.277 e. The number of imidazole rings is 1. The maximum absolute atomic E-state index is 12.8. The Kier molecular flexibility index (Phi) is 4.66. The molecule has 0 unspecified atom stereocenters. The summed E-state index contributed by atoms with van der Waals surface area (Å²) in [7, 11) is 0. The van der Waals surface area contributed by atoms with E-state index in [1.54, 1.807) is 10.7 Å². The number of H-pyrrole nitrogens is 1. The van der Waals surface area contributed by atoms with Crippen LogP contribution in [-0.4, -0.2) is 24.6 Å². The first kappa shape index (κ1) is 18.3. The van der Waals surface area contributed by atoms with Crippen molar-refractivity contribution >= 4 is 16.9 Å². The van der Waals surface area contributed by atoms with Crippen LogP contribution >= 0.6 is 11.3 Å². The molecule has 7 heteroatoms. The van der Waals surface area contributed by atoms with E-state index in [2.05, 4.69) is 30.7 Å². The Morgan fingerprint density at radius 1 is 1.26 bits per heavy atom. The number of thiazole rings is 1. The minimum absolute atomic E-state index is 0.130. The van der Waals surface area contributed by atoms with Crippen molar-refractivity contribution in [2.24, 2.45) is 11.3 Å². The van der Waals surface area contributed by atoms with Gasteiger partial charge in [0.1, 0.15) is 5.82 Å². The Hall–Kier alpha value is -2.02. The molecule has 0 spiro atoms. The fourth-order valence-electron chi connectivity index (χ4n) is 4.26. The second kappa shape index (κ2) is 6.86. The minimum atomic E-state index is -0.130. The SMILES string of the molecule is CCc1nc([C@H]2CC[C@@H](C(C)(C)C)CC2)n2nc(-c3nccs3)[nH]c(=O)c12. The lowest BCUT2D eigenvalue weighted by Crippen LogP contribution is -2.26. The summed E-state index contributed by atoms with van der Waals surface area (Å²) in [5, 5.41) is 7.35. The van der Waals surface area contributed by atoms with E-state index in [-0.39, 0.29) is 5.56 Å². The average Bonchev–Trinajstić information content (AvgIpc) is 3.29. The molecule has 6 nitrogen and oxygen atoms in total. The van der Waals surface area contributed by atoms with E-state index in [1.807, 2.05) is 12.3 Å². The molecule has 3 heterocycles. The Morgan fingerprint density at radius 3 is 2.59 bits per heavy atom. The van der Waals surface area contributed by atoms with Gasteiger partial charge in [0.25, 0.3) is 5.56 Å². The molecule has 0 bridgehead atoms. The van der Waals surface area contributed by atoms with Crippen LogP contribution in [-0.2, 0) is 6.42 Å². The van der Waals surface area contributed by atoms with Gasteiger partial charge in [0.05, 0.1) is 5.69 Å². The summed E-state index contributed by atoms with van der Waals surface area (Å²) in [6.07, 6.45) is 7.06. The van der Waals surface area contributed by atoms with E-state index in [4.69, 9.17) is 10.1 Å². The van der Waals surface area contributed by atoms with Crippen molar-refractivity contribution in [3.8, 4) is 10.8 Å². The lowest BCUT2D eigenvalue weighted by molar-refractivity contribution is 0.167. The molecule has 1 aliphatic carbocycles. The van der Waals surface area contributed by atoms with E-state index >= 15 is 0 Å². The summed E-state index contributed by atoms with van der Waals surface area (Å²) in [4.78, 5) is 24.8. The average molecular weight is 386 g/mol. The predicted octanol–water partition coefficient (Wildman–Crippen LogP) is 4.42. The molecule has 27 heavy (non-hydrogen) atoms. The summed E-state index contributed by atoms with van der Waals surface area (Å²) < 4.78 is 1.80. The number of rotatable bonds is 3. The van der Waals surface area contributed by atoms with Crippen molar-refractivity contribution in [3.63, 3.8) is 0 Å². The first-order valence-electron chi connectivity index (χ1n) is 9.80. The Morgan fingerprint density at radius 2 is 2.00 bits per heavy atom. The normalized spacial score (nSPS) is 21.0. The fourth-order valence-corrected chi connectivity index (χ4v) is 4.84. The van der Waals surface area contributed by atoms with Crippen LogP contribution in [0.1, 0.15) is 70.8 Å². The van der Waals surface area contributed by atoms with Gasteiger partial charge in [0.15, 0.2) is 16.3 Å². The topological polar surface area (TPSA) is 75.9 Å². The summed E-state index contributed by atoms with van der Waals surface area (Å²) in [5.74, 6) is 2.56. The maximum atomic E-state index is 12.8. The summed E-state index contributed by atoms with van der Waals surface area (Å²) in [5.41, 5.74) is 1.64. The molecule has 3 aromatic rings. The van der Waals surface area contributed by atoms with Gasteiger partial charge < -0.3 is 4.98 Å². The standard InChI is InChI=1S/C20H27N5OS/c1-5-14-15-18(26)23-16(19-21-10-11-27-19)24-25(15)17(22-14)12-6-8-13(9-7-12)20(2,3)4/h10-13H,5-9H2,1-4H3,(H,23,24,26)/t12-,13+. The molecular weight excluding hydrogens is 358 g/mol. The third-order valence-corrected chi connectivity index (χ3v) is 6.67. The van der Waals surface area contributed by atoms with Crippen molar-refractivity contribution in [2.45, 2.75) is 65.7 Å². The molecule has 1 fully saturated rings. The summed E-state index contributed by atoms with van der Waals surface area (Å²) in [6.45, 7) is 9.04. The number of nitrogens with zero attached hydrogens (tertiary/aromatic N) is 4. The molecule has 0 aliphatic heterocycles. The van der Waals surface area contributed by atoms with Gasteiger partial charge in [-0.3, -0.25) is 4.79 Å². The van der Waals surface area contributed by atoms with Gasteiger partial charge in [-0.2, -0.15) is 0 Å². The van der Waals surface area contributed by atoms with E-state index in [0.717, 1.165) is 41.7 Å². The van der Waals surface area contributed by atoms with Gasteiger partial charge in [-0.1, -0.05) is 27.7 Å². The van der Waals surface area contributed by atoms with Crippen molar-refractivity contribution < 1.29 is 0 Å². The van der Waals surface area contributed by atoms with Crippen LogP contribution in [0.3, 0.4) is 0 Å². The van der Waals surface area contributed by atoms with Crippen molar-refractivity contribution in [2.75, 3.05) is 0 Å². The number of fused-ring (bicyclic) bond motifs is 1. The summed E-state index contributed by atoms with van der Waals surface area (Å²) >= 11 is 1.47. The molecule has 0 amide bonds. The van der Waals surface area contributed by atoms with Crippen LogP contribution < -0.4 is 5.56 Å². The summed E-state index contributed by atoms with van der Waals surface area (Å²) in [6, 6.07) is 0. The van der Waals surface area contributed by atoms with Gasteiger partial charge in [-0.25, -0.2) is 14.5 Å². The minimum Gasteiger partial charge on any atom is -0.301 e. The molecule has 0 aromatic carbocycles. The quantitative estimate of drug-likeness (QED) is 0.724. The van der Waals surface area contributed by atoms with Gasteiger partial charge in [-0.15, -0.1) is 16.4 Å². The zero-order valence-electron chi connectivity index (χ0n) is 16.5. The second-order valence-corrected chi connectivity index (χ2v) is 9.48. The Labute approximate surface area is 163 Å². The molecule has 3 aromatic heterocycles. The molecule has 144 valence electrons. The number of aromatic nitrogens is 5. The highest BCUT2D eigenvalue weighted by Crippen LogP contribution is 2.43. The van der Waals surface area contributed by atoms with Crippen molar-refractivity contribution in [3.05, 3.63) is 33.4 Å². The fraction of sp³-hybridized carbons (Fsp3) is 0.600. The van der Waals surface area contributed by atoms with E-state index < -0.39 is 0 Å².